The number of urea groups is 1. The number of benzene rings is 2. The van der Waals surface area contributed by atoms with Crippen molar-refractivity contribution < 1.29 is 9.53 Å². The van der Waals surface area contributed by atoms with Crippen molar-refractivity contribution in [1.29, 1.82) is 0 Å². The predicted molar refractivity (Wildman–Crippen MR) is 108 cm³/mol. The maximum Gasteiger partial charge on any atom is 0.330 e. The van der Waals surface area contributed by atoms with Crippen LogP contribution in [0.25, 0.3) is 0 Å². The monoisotopic (exact) mass is 392 g/mol. The number of aromatic amines is 1. The summed E-state index contributed by atoms with van der Waals surface area (Å²) in [5, 5.41) is 5.40. The molecule has 2 heterocycles. The zero-order chi connectivity index (χ0) is 20.4. The predicted octanol–water partition coefficient (Wildman–Crippen LogP) is 2.21. The number of H-pyrrole nitrogens is 1. The normalized spacial score (nSPS) is 15.2. The van der Waals surface area contributed by atoms with E-state index >= 15 is 0 Å². The number of nitrogens with one attached hydrogen (secondary N) is 3. The van der Waals surface area contributed by atoms with E-state index in [0.717, 1.165) is 5.56 Å². The summed E-state index contributed by atoms with van der Waals surface area (Å²) in [6.07, 6.45) is 0. The van der Waals surface area contributed by atoms with E-state index in [1.807, 2.05) is 37.3 Å². The Morgan fingerprint density at radius 1 is 1.00 bits per heavy atom. The van der Waals surface area contributed by atoms with Crippen LogP contribution >= 0.6 is 0 Å². The molecule has 4 rings (SSSR count). The van der Waals surface area contributed by atoms with Gasteiger partial charge in [0, 0.05) is 0 Å². The molecule has 29 heavy (non-hydrogen) atoms. The highest BCUT2D eigenvalue weighted by Crippen LogP contribution is 2.29. The lowest BCUT2D eigenvalue weighted by molar-refractivity contribution is 0.248. The second-order valence-electron chi connectivity index (χ2n) is 6.63. The smallest absolute Gasteiger partial charge is 0.330 e. The van der Waals surface area contributed by atoms with Gasteiger partial charge in [0.15, 0.2) is 0 Å². The molecule has 0 aliphatic carbocycles. The van der Waals surface area contributed by atoms with Crippen molar-refractivity contribution in [2.24, 2.45) is 0 Å². The van der Waals surface area contributed by atoms with Gasteiger partial charge in [-0.1, -0.05) is 42.5 Å². The van der Waals surface area contributed by atoms with E-state index in [1.54, 1.807) is 24.3 Å². The van der Waals surface area contributed by atoms with Gasteiger partial charge in [0.1, 0.15) is 11.6 Å². The molecule has 0 saturated carbocycles. The van der Waals surface area contributed by atoms with Crippen LogP contribution in [0.4, 0.5) is 10.6 Å². The Morgan fingerprint density at radius 3 is 2.41 bits per heavy atom. The van der Waals surface area contributed by atoms with E-state index in [1.165, 1.54) is 4.57 Å². The topological polar surface area (TPSA) is 105 Å². The highest BCUT2D eigenvalue weighted by atomic mass is 16.5. The van der Waals surface area contributed by atoms with Gasteiger partial charge < -0.3 is 10.1 Å². The van der Waals surface area contributed by atoms with Crippen LogP contribution in [0.5, 0.6) is 5.75 Å². The number of rotatable bonds is 5. The summed E-state index contributed by atoms with van der Waals surface area (Å²) in [6, 6.07) is 15.3. The van der Waals surface area contributed by atoms with Crippen molar-refractivity contribution in [1.82, 2.24) is 14.9 Å². The lowest BCUT2D eigenvalue weighted by atomic mass is 9.98. The Kier molecular flexibility index (Phi) is 4.90. The minimum Gasteiger partial charge on any atom is -0.494 e. The molecule has 1 atom stereocenters. The number of anilines is 1. The summed E-state index contributed by atoms with van der Waals surface area (Å²) in [4.78, 5) is 39.9. The standard InChI is InChI=1S/C21H20N4O4/c1-2-29-15-10-8-14(9-11-15)17-16-18(23-20(27)22-17)25(21(28)24-19(16)26)12-13-6-4-3-5-7-13/h3-11,17H,2,12H2,1H3,(H2,22,23,27)(H,24,26,28). The first-order valence-electron chi connectivity index (χ1n) is 9.28. The van der Waals surface area contributed by atoms with Gasteiger partial charge in [0.2, 0.25) is 0 Å². The molecule has 3 aromatic rings. The Morgan fingerprint density at radius 2 is 1.72 bits per heavy atom. The van der Waals surface area contributed by atoms with Gasteiger partial charge in [0.05, 0.1) is 24.8 Å². The van der Waals surface area contributed by atoms with Crippen molar-refractivity contribution in [3.63, 3.8) is 0 Å². The second kappa shape index (κ2) is 7.67. The fourth-order valence-corrected chi connectivity index (χ4v) is 3.43. The first kappa shape index (κ1) is 18.5. The Bertz CT molecular complexity index is 1150. The molecule has 3 N–H and O–H groups in total. The van der Waals surface area contributed by atoms with E-state index in [9.17, 15) is 14.4 Å². The Hall–Kier alpha value is -3.81. The van der Waals surface area contributed by atoms with E-state index < -0.39 is 23.3 Å². The molecule has 148 valence electrons. The molecule has 0 saturated heterocycles. The van der Waals surface area contributed by atoms with Crippen molar-refractivity contribution in [2.45, 2.75) is 19.5 Å². The molecular formula is C21H20N4O4. The third kappa shape index (κ3) is 3.64. The van der Waals surface area contributed by atoms with E-state index in [4.69, 9.17) is 4.74 Å². The van der Waals surface area contributed by atoms with Gasteiger partial charge in [-0.3, -0.25) is 19.7 Å². The largest absolute Gasteiger partial charge is 0.494 e. The quantitative estimate of drug-likeness (QED) is 0.619. The van der Waals surface area contributed by atoms with E-state index in [2.05, 4.69) is 15.6 Å². The lowest BCUT2D eigenvalue weighted by Crippen LogP contribution is -2.46. The van der Waals surface area contributed by atoms with Crippen LogP contribution in [-0.2, 0) is 6.54 Å². The molecule has 0 radical (unpaired) electrons. The second-order valence-corrected chi connectivity index (χ2v) is 6.63. The minimum atomic E-state index is -0.694. The fourth-order valence-electron chi connectivity index (χ4n) is 3.43. The zero-order valence-electron chi connectivity index (χ0n) is 15.8. The first-order valence-corrected chi connectivity index (χ1v) is 9.28. The number of nitrogens with zero attached hydrogens (tertiary/aromatic N) is 1. The summed E-state index contributed by atoms with van der Waals surface area (Å²) in [5.74, 6) is 0.893. The number of carbonyl (C=O) groups is 1. The van der Waals surface area contributed by atoms with Crippen LogP contribution in [0.1, 0.15) is 29.7 Å². The van der Waals surface area contributed by atoms with Gasteiger partial charge in [-0.15, -0.1) is 0 Å². The molecule has 1 unspecified atom stereocenters. The summed E-state index contributed by atoms with van der Waals surface area (Å²) in [5.41, 5.74) is 0.740. The van der Waals surface area contributed by atoms with Crippen molar-refractivity contribution >= 4 is 11.8 Å². The molecule has 0 bridgehead atoms. The Labute approximate surface area is 166 Å². The van der Waals surface area contributed by atoms with E-state index in [0.29, 0.717) is 17.9 Å². The molecule has 0 spiro atoms. The minimum absolute atomic E-state index is 0.199. The van der Waals surface area contributed by atoms with Crippen LogP contribution in [0.2, 0.25) is 0 Å². The third-order valence-electron chi connectivity index (χ3n) is 4.74. The van der Waals surface area contributed by atoms with Crippen LogP contribution in [0, 0.1) is 0 Å². The van der Waals surface area contributed by atoms with Crippen molar-refractivity contribution in [3.05, 3.63) is 92.1 Å². The van der Waals surface area contributed by atoms with Crippen LogP contribution in [0.3, 0.4) is 0 Å². The third-order valence-corrected chi connectivity index (χ3v) is 4.74. The molecule has 8 nitrogen and oxygen atoms in total. The molecular weight excluding hydrogens is 372 g/mol. The van der Waals surface area contributed by atoms with Crippen molar-refractivity contribution in [3.8, 4) is 5.75 Å². The molecule has 1 aromatic heterocycles. The van der Waals surface area contributed by atoms with Gasteiger partial charge in [0.25, 0.3) is 5.56 Å². The molecule has 2 aromatic carbocycles. The van der Waals surface area contributed by atoms with Crippen LogP contribution in [-0.4, -0.2) is 22.2 Å². The molecule has 1 aliphatic heterocycles. The summed E-state index contributed by atoms with van der Waals surface area (Å²) >= 11 is 0. The van der Waals surface area contributed by atoms with Crippen molar-refractivity contribution in [2.75, 3.05) is 11.9 Å². The molecule has 2 amide bonds. The average molecular weight is 392 g/mol. The summed E-state index contributed by atoms with van der Waals surface area (Å²) in [6.45, 7) is 2.65. The number of hydrogen-bond donors (Lipinski definition) is 3. The molecule has 8 heteroatoms. The van der Waals surface area contributed by atoms with Gasteiger partial charge >= 0.3 is 11.7 Å². The number of aromatic nitrogens is 2. The number of amides is 2. The van der Waals surface area contributed by atoms with Gasteiger partial charge in [-0.05, 0) is 30.2 Å². The maximum absolute atomic E-state index is 12.7. The van der Waals surface area contributed by atoms with Crippen LogP contribution < -0.4 is 26.6 Å². The fraction of sp³-hybridized carbons (Fsp3) is 0.190. The number of ether oxygens (including phenoxy) is 1. The lowest BCUT2D eigenvalue weighted by Gasteiger charge is -2.28. The maximum atomic E-state index is 12.7. The van der Waals surface area contributed by atoms with E-state index in [-0.39, 0.29) is 17.9 Å². The SMILES string of the molecule is CCOc1ccc(C2NC(=O)Nc3c2c(=O)[nH]c(=O)n3Cc2ccccc2)cc1. The van der Waals surface area contributed by atoms with Crippen LogP contribution in [0.15, 0.2) is 64.2 Å². The zero-order valence-corrected chi connectivity index (χ0v) is 15.8. The summed E-state index contributed by atoms with van der Waals surface area (Å²) in [7, 11) is 0. The number of fused-ring (bicyclic) bond motifs is 1. The highest BCUT2D eigenvalue weighted by Gasteiger charge is 2.31. The average Bonchev–Trinajstić information content (AvgIpc) is 2.72. The highest BCUT2D eigenvalue weighted by molar-refractivity contribution is 5.92. The molecule has 1 aliphatic rings. The van der Waals surface area contributed by atoms with Gasteiger partial charge in [-0.2, -0.15) is 0 Å². The first-order chi connectivity index (χ1) is 14.1. The number of hydrogen-bond acceptors (Lipinski definition) is 4. The van der Waals surface area contributed by atoms with Gasteiger partial charge in [-0.25, -0.2) is 9.59 Å². The Balaban J connectivity index is 1.82. The number of carbonyl (C=O) groups excluding carboxylic acids is 1. The summed E-state index contributed by atoms with van der Waals surface area (Å²) < 4.78 is 6.82. The molecule has 0 fully saturated rings.